The maximum atomic E-state index is 11.4. The molecule has 1 atom stereocenters. The standard InChI is InChI=1S/C12H13ClN2O4/c13-7-1-2-8(11(14)16)9(5-7)15-3-4-19-10(6-15)12(17)18/h1-2,5,10H,3-4,6H2,(H2,14,16)(H,17,18). The van der Waals surface area contributed by atoms with Crippen molar-refractivity contribution in [3.8, 4) is 0 Å². The van der Waals surface area contributed by atoms with E-state index < -0.39 is 18.0 Å². The first-order valence-electron chi connectivity index (χ1n) is 5.67. The molecule has 19 heavy (non-hydrogen) atoms. The van der Waals surface area contributed by atoms with Gasteiger partial charge in [0.15, 0.2) is 6.10 Å². The number of aliphatic carboxylic acids is 1. The molecule has 6 nitrogen and oxygen atoms in total. The van der Waals surface area contributed by atoms with E-state index >= 15 is 0 Å². The van der Waals surface area contributed by atoms with E-state index in [0.717, 1.165) is 0 Å². The van der Waals surface area contributed by atoms with E-state index in [9.17, 15) is 9.59 Å². The van der Waals surface area contributed by atoms with Crippen molar-refractivity contribution < 1.29 is 19.4 Å². The summed E-state index contributed by atoms with van der Waals surface area (Å²) in [7, 11) is 0. The van der Waals surface area contributed by atoms with Crippen molar-refractivity contribution in [3.05, 3.63) is 28.8 Å². The largest absolute Gasteiger partial charge is 0.479 e. The molecule has 0 aromatic heterocycles. The van der Waals surface area contributed by atoms with Crippen LogP contribution in [0.4, 0.5) is 5.69 Å². The molecular weight excluding hydrogens is 272 g/mol. The van der Waals surface area contributed by atoms with Crippen LogP contribution in [0.5, 0.6) is 0 Å². The van der Waals surface area contributed by atoms with E-state index in [1.54, 1.807) is 17.0 Å². The fourth-order valence-electron chi connectivity index (χ4n) is 1.99. The highest BCUT2D eigenvalue weighted by atomic mass is 35.5. The molecule has 1 aliphatic heterocycles. The molecule has 1 fully saturated rings. The maximum Gasteiger partial charge on any atom is 0.334 e. The number of halogens is 1. The molecule has 0 radical (unpaired) electrons. The number of carbonyl (C=O) groups is 2. The van der Waals surface area contributed by atoms with Gasteiger partial charge in [0.25, 0.3) is 5.91 Å². The number of morpholine rings is 1. The van der Waals surface area contributed by atoms with Crippen molar-refractivity contribution in [3.63, 3.8) is 0 Å². The molecule has 1 unspecified atom stereocenters. The number of ether oxygens (including phenoxy) is 1. The number of carboxylic acid groups (broad SMARTS) is 1. The van der Waals surface area contributed by atoms with Gasteiger partial charge in [0.05, 0.1) is 24.4 Å². The Morgan fingerprint density at radius 3 is 2.84 bits per heavy atom. The highest BCUT2D eigenvalue weighted by Gasteiger charge is 2.28. The van der Waals surface area contributed by atoms with Crippen molar-refractivity contribution in [1.82, 2.24) is 0 Å². The molecule has 2 rings (SSSR count). The number of rotatable bonds is 3. The number of carboxylic acids is 1. The molecule has 1 saturated heterocycles. The molecule has 1 heterocycles. The van der Waals surface area contributed by atoms with E-state index in [2.05, 4.69) is 0 Å². The van der Waals surface area contributed by atoms with Crippen LogP contribution in [-0.2, 0) is 9.53 Å². The summed E-state index contributed by atoms with van der Waals surface area (Å²) >= 11 is 5.91. The SMILES string of the molecule is NC(=O)c1ccc(Cl)cc1N1CCOC(C(=O)O)C1. The summed E-state index contributed by atoms with van der Waals surface area (Å²) in [5, 5.41) is 9.42. The summed E-state index contributed by atoms with van der Waals surface area (Å²) in [5.41, 5.74) is 6.16. The lowest BCUT2D eigenvalue weighted by Crippen LogP contribution is -2.46. The molecule has 1 aromatic rings. The molecule has 0 spiro atoms. The summed E-state index contributed by atoms with van der Waals surface area (Å²) < 4.78 is 5.13. The predicted octanol–water partition coefficient (Wildman–Crippen LogP) is 0.729. The van der Waals surface area contributed by atoms with Crippen LogP contribution in [-0.4, -0.2) is 42.8 Å². The van der Waals surface area contributed by atoms with Gasteiger partial charge in [-0.2, -0.15) is 0 Å². The quantitative estimate of drug-likeness (QED) is 0.853. The molecular formula is C12H13ClN2O4. The Balaban J connectivity index is 2.32. The smallest absolute Gasteiger partial charge is 0.334 e. The first-order chi connectivity index (χ1) is 8.99. The van der Waals surface area contributed by atoms with Gasteiger partial charge in [0, 0.05) is 11.6 Å². The number of anilines is 1. The van der Waals surface area contributed by atoms with Crippen LogP contribution < -0.4 is 10.6 Å². The average molecular weight is 285 g/mol. The Morgan fingerprint density at radius 2 is 2.21 bits per heavy atom. The van der Waals surface area contributed by atoms with Gasteiger partial charge >= 0.3 is 5.97 Å². The zero-order valence-corrected chi connectivity index (χ0v) is 10.8. The maximum absolute atomic E-state index is 11.4. The van der Waals surface area contributed by atoms with E-state index in [0.29, 0.717) is 22.8 Å². The zero-order valence-electron chi connectivity index (χ0n) is 10.0. The number of nitrogens with two attached hydrogens (primary N) is 1. The van der Waals surface area contributed by atoms with Crippen LogP contribution in [0, 0.1) is 0 Å². The molecule has 0 bridgehead atoms. The zero-order chi connectivity index (χ0) is 14.0. The van der Waals surface area contributed by atoms with Crippen LogP contribution in [0.2, 0.25) is 5.02 Å². The monoisotopic (exact) mass is 284 g/mol. The van der Waals surface area contributed by atoms with Crippen molar-refractivity contribution in [2.75, 3.05) is 24.6 Å². The normalized spacial score (nSPS) is 19.2. The van der Waals surface area contributed by atoms with Gasteiger partial charge in [-0.15, -0.1) is 0 Å². The first kappa shape index (κ1) is 13.6. The Kier molecular flexibility index (Phi) is 3.92. The van der Waals surface area contributed by atoms with Crippen LogP contribution in [0.3, 0.4) is 0 Å². The minimum absolute atomic E-state index is 0.149. The van der Waals surface area contributed by atoms with Crippen molar-refractivity contribution >= 4 is 29.2 Å². The number of benzene rings is 1. The lowest BCUT2D eigenvalue weighted by molar-refractivity contribution is -0.150. The summed E-state index contributed by atoms with van der Waals surface area (Å²) in [4.78, 5) is 24.1. The fourth-order valence-corrected chi connectivity index (χ4v) is 2.16. The van der Waals surface area contributed by atoms with Crippen LogP contribution in [0.15, 0.2) is 18.2 Å². The van der Waals surface area contributed by atoms with E-state index in [1.165, 1.54) is 6.07 Å². The van der Waals surface area contributed by atoms with E-state index in [1.807, 2.05) is 0 Å². The second-order valence-corrected chi connectivity index (χ2v) is 4.61. The second-order valence-electron chi connectivity index (χ2n) is 4.17. The Morgan fingerprint density at radius 1 is 1.47 bits per heavy atom. The molecule has 1 amide bonds. The van der Waals surface area contributed by atoms with Gasteiger partial charge < -0.3 is 20.5 Å². The molecule has 0 saturated carbocycles. The lowest BCUT2D eigenvalue weighted by Gasteiger charge is -2.33. The van der Waals surface area contributed by atoms with Crippen LogP contribution in [0.25, 0.3) is 0 Å². The van der Waals surface area contributed by atoms with Crippen molar-refractivity contribution in [2.45, 2.75) is 6.10 Å². The fraction of sp³-hybridized carbons (Fsp3) is 0.333. The molecule has 3 N–H and O–H groups in total. The van der Waals surface area contributed by atoms with Gasteiger partial charge in [0.1, 0.15) is 0 Å². The first-order valence-corrected chi connectivity index (χ1v) is 6.05. The number of nitrogens with zero attached hydrogens (tertiary/aromatic N) is 1. The highest BCUT2D eigenvalue weighted by Crippen LogP contribution is 2.26. The number of carbonyl (C=O) groups excluding carboxylic acids is 1. The minimum Gasteiger partial charge on any atom is -0.479 e. The Hall–Kier alpha value is -1.79. The molecule has 1 aliphatic rings. The Bertz CT molecular complexity index is 520. The lowest BCUT2D eigenvalue weighted by atomic mass is 10.1. The van der Waals surface area contributed by atoms with Gasteiger partial charge in [-0.25, -0.2) is 4.79 Å². The summed E-state index contributed by atoms with van der Waals surface area (Å²) in [5.74, 6) is -1.61. The van der Waals surface area contributed by atoms with Gasteiger partial charge in [0.2, 0.25) is 0 Å². The van der Waals surface area contributed by atoms with Crippen molar-refractivity contribution in [2.24, 2.45) is 5.73 Å². The number of amides is 1. The number of hydrogen-bond donors (Lipinski definition) is 2. The average Bonchev–Trinajstić information content (AvgIpc) is 2.38. The molecule has 1 aromatic carbocycles. The summed E-state index contributed by atoms with van der Waals surface area (Å²) in [6.07, 6.45) is -0.923. The summed E-state index contributed by atoms with van der Waals surface area (Å²) in [6.45, 7) is 0.891. The minimum atomic E-state index is -1.03. The van der Waals surface area contributed by atoms with Crippen molar-refractivity contribution in [1.29, 1.82) is 0 Å². The number of primary amides is 1. The number of hydrogen-bond acceptors (Lipinski definition) is 4. The summed E-state index contributed by atoms with van der Waals surface area (Å²) in [6, 6.07) is 4.71. The third-order valence-electron chi connectivity index (χ3n) is 2.91. The topological polar surface area (TPSA) is 92.9 Å². The van der Waals surface area contributed by atoms with E-state index in [-0.39, 0.29) is 13.2 Å². The molecule has 0 aliphatic carbocycles. The third kappa shape index (κ3) is 2.97. The molecule has 7 heteroatoms. The van der Waals surface area contributed by atoms with Gasteiger partial charge in [-0.3, -0.25) is 4.79 Å². The molecule has 102 valence electrons. The van der Waals surface area contributed by atoms with Crippen LogP contribution in [0.1, 0.15) is 10.4 Å². The highest BCUT2D eigenvalue weighted by molar-refractivity contribution is 6.31. The van der Waals surface area contributed by atoms with Crippen LogP contribution >= 0.6 is 11.6 Å². The van der Waals surface area contributed by atoms with E-state index in [4.69, 9.17) is 27.2 Å². The third-order valence-corrected chi connectivity index (χ3v) is 3.14. The van der Waals surface area contributed by atoms with Gasteiger partial charge in [-0.1, -0.05) is 11.6 Å². The Labute approximate surface area is 114 Å². The van der Waals surface area contributed by atoms with Gasteiger partial charge in [-0.05, 0) is 18.2 Å². The predicted molar refractivity (Wildman–Crippen MR) is 69.6 cm³/mol. The second kappa shape index (κ2) is 5.46.